The van der Waals surface area contributed by atoms with Gasteiger partial charge in [0, 0.05) is 17.8 Å². The van der Waals surface area contributed by atoms with Crippen LogP contribution in [0.4, 0.5) is 0 Å². The molecule has 2 heterocycles. The van der Waals surface area contributed by atoms with Gasteiger partial charge in [-0.3, -0.25) is 14.6 Å². The normalized spacial score (nSPS) is 10.7. The molecule has 0 saturated carbocycles. The van der Waals surface area contributed by atoms with E-state index in [9.17, 15) is 9.59 Å². The van der Waals surface area contributed by atoms with Gasteiger partial charge in [0.15, 0.2) is 11.2 Å². The number of benzene rings is 1. The number of pyridine rings is 1. The molecular formula is C16H11NO4. The molecule has 21 heavy (non-hydrogen) atoms. The van der Waals surface area contributed by atoms with Crippen LogP contribution in [0.5, 0.6) is 0 Å². The number of rotatable bonds is 3. The number of para-hydroxylation sites is 1. The van der Waals surface area contributed by atoms with Crippen LogP contribution in [0.25, 0.3) is 22.4 Å². The van der Waals surface area contributed by atoms with E-state index >= 15 is 0 Å². The molecule has 0 aliphatic rings. The van der Waals surface area contributed by atoms with E-state index in [-0.39, 0.29) is 11.8 Å². The van der Waals surface area contributed by atoms with Crippen LogP contribution in [-0.4, -0.2) is 16.1 Å². The van der Waals surface area contributed by atoms with E-state index < -0.39 is 5.97 Å². The van der Waals surface area contributed by atoms with E-state index in [1.165, 1.54) is 6.07 Å². The van der Waals surface area contributed by atoms with Crippen LogP contribution in [-0.2, 0) is 11.2 Å². The zero-order chi connectivity index (χ0) is 14.8. The van der Waals surface area contributed by atoms with E-state index in [4.69, 9.17) is 9.52 Å². The molecule has 0 bridgehead atoms. The average Bonchev–Trinajstić information content (AvgIpc) is 2.48. The molecule has 1 N–H and O–H groups in total. The Bertz CT molecular complexity index is 868. The molecule has 3 rings (SSSR count). The first-order chi connectivity index (χ1) is 10.1. The lowest BCUT2D eigenvalue weighted by Gasteiger charge is -2.05. The number of hydrogen-bond donors (Lipinski definition) is 1. The van der Waals surface area contributed by atoms with Crippen LogP contribution in [0.15, 0.2) is 57.9 Å². The van der Waals surface area contributed by atoms with Gasteiger partial charge in [-0.2, -0.15) is 0 Å². The molecule has 0 radical (unpaired) electrons. The van der Waals surface area contributed by atoms with E-state index in [1.807, 2.05) is 0 Å². The maximum Gasteiger partial charge on any atom is 0.307 e. The predicted molar refractivity (Wildman–Crippen MR) is 77.1 cm³/mol. The first-order valence-electron chi connectivity index (χ1n) is 6.34. The molecule has 2 aromatic heterocycles. The molecule has 0 amide bonds. The first kappa shape index (κ1) is 13.1. The molecule has 0 aliphatic carbocycles. The van der Waals surface area contributed by atoms with Gasteiger partial charge >= 0.3 is 5.97 Å². The third kappa shape index (κ3) is 2.53. The zero-order valence-corrected chi connectivity index (χ0v) is 10.9. The van der Waals surface area contributed by atoms with Gasteiger partial charge in [-0.15, -0.1) is 0 Å². The van der Waals surface area contributed by atoms with Crippen molar-refractivity contribution < 1.29 is 14.3 Å². The van der Waals surface area contributed by atoms with Crippen molar-refractivity contribution >= 4 is 16.9 Å². The summed E-state index contributed by atoms with van der Waals surface area (Å²) in [5.41, 5.74) is 1.08. The van der Waals surface area contributed by atoms with Crippen LogP contribution >= 0.6 is 0 Å². The van der Waals surface area contributed by atoms with Crippen molar-refractivity contribution in [2.24, 2.45) is 0 Å². The standard InChI is InChI=1S/C16H11NO4/c18-13-9-14(12-6-1-2-7-17-12)21-16-10(8-15(19)20)4-3-5-11(13)16/h1-7,9H,8H2,(H,19,20). The number of carboxylic acids is 1. The number of carbonyl (C=O) groups is 1. The Hall–Kier alpha value is -2.95. The highest BCUT2D eigenvalue weighted by atomic mass is 16.4. The van der Waals surface area contributed by atoms with E-state index in [0.717, 1.165) is 0 Å². The van der Waals surface area contributed by atoms with Gasteiger partial charge < -0.3 is 9.52 Å². The maximum atomic E-state index is 12.2. The highest BCUT2D eigenvalue weighted by Gasteiger charge is 2.12. The van der Waals surface area contributed by atoms with Crippen LogP contribution in [0.2, 0.25) is 0 Å². The molecule has 0 saturated heterocycles. The van der Waals surface area contributed by atoms with Gasteiger partial charge in [-0.1, -0.05) is 18.2 Å². The smallest absolute Gasteiger partial charge is 0.307 e. The van der Waals surface area contributed by atoms with Gasteiger partial charge in [0.2, 0.25) is 0 Å². The highest BCUT2D eigenvalue weighted by molar-refractivity contribution is 5.85. The molecule has 1 aromatic carbocycles. The molecule has 3 aromatic rings. The first-order valence-corrected chi connectivity index (χ1v) is 6.34. The summed E-state index contributed by atoms with van der Waals surface area (Å²) in [6, 6.07) is 11.6. The summed E-state index contributed by atoms with van der Waals surface area (Å²) >= 11 is 0. The van der Waals surface area contributed by atoms with Crippen LogP contribution in [0, 0.1) is 0 Å². The van der Waals surface area contributed by atoms with E-state index in [1.54, 1.807) is 42.6 Å². The Labute approximate surface area is 119 Å². The lowest BCUT2D eigenvalue weighted by molar-refractivity contribution is -0.136. The summed E-state index contributed by atoms with van der Waals surface area (Å²) in [7, 11) is 0. The SMILES string of the molecule is O=C(O)Cc1cccc2c(=O)cc(-c3ccccn3)oc12. The summed E-state index contributed by atoms with van der Waals surface area (Å²) in [5, 5.41) is 9.32. The summed E-state index contributed by atoms with van der Waals surface area (Å²) in [6.45, 7) is 0. The lowest BCUT2D eigenvalue weighted by atomic mass is 10.1. The Morgan fingerprint density at radius 2 is 2.05 bits per heavy atom. The van der Waals surface area contributed by atoms with Crippen molar-refractivity contribution in [2.75, 3.05) is 0 Å². The van der Waals surface area contributed by atoms with Gasteiger partial charge in [0.25, 0.3) is 0 Å². The number of fused-ring (bicyclic) bond motifs is 1. The molecule has 104 valence electrons. The molecule has 0 spiro atoms. The topological polar surface area (TPSA) is 80.4 Å². The predicted octanol–water partition coefficient (Wildman–Crippen LogP) is 2.48. The minimum atomic E-state index is -0.978. The summed E-state index contributed by atoms with van der Waals surface area (Å²) in [4.78, 5) is 27.2. The fraction of sp³-hybridized carbons (Fsp3) is 0.0625. The molecule has 0 atom stereocenters. The Morgan fingerprint density at radius 1 is 1.19 bits per heavy atom. The van der Waals surface area contributed by atoms with Crippen LogP contribution in [0.1, 0.15) is 5.56 Å². The van der Waals surface area contributed by atoms with E-state index in [0.29, 0.717) is 28.0 Å². The third-order valence-electron chi connectivity index (χ3n) is 3.10. The third-order valence-corrected chi connectivity index (χ3v) is 3.10. The largest absolute Gasteiger partial charge is 0.481 e. The highest BCUT2D eigenvalue weighted by Crippen LogP contribution is 2.23. The summed E-state index contributed by atoms with van der Waals surface area (Å²) < 4.78 is 5.73. The molecule has 0 fully saturated rings. The Balaban J connectivity index is 2.26. The molecular weight excluding hydrogens is 270 g/mol. The number of carboxylic acid groups (broad SMARTS) is 1. The molecule has 5 nitrogen and oxygen atoms in total. The fourth-order valence-electron chi connectivity index (χ4n) is 2.17. The van der Waals surface area contributed by atoms with Crippen LogP contribution in [0.3, 0.4) is 0 Å². The van der Waals surface area contributed by atoms with Gasteiger partial charge in [-0.05, 0) is 18.2 Å². The second-order valence-electron chi connectivity index (χ2n) is 4.55. The van der Waals surface area contributed by atoms with Crippen molar-refractivity contribution in [2.45, 2.75) is 6.42 Å². The molecule has 0 aliphatic heterocycles. The van der Waals surface area contributed by atoms with Crippen molar-refractivity contribution in [3.8, 4) is 11.5 Å². The van der Waals surface area contributed by atoms with Gasteiger partial charge in [-0.25, -0.2) is 0 Å². The summed E-state index contributed by atoms with van der Waals surface area (Å²) in [5.74, 6) is -0.653. The number of aliphatic carboxylic acids is 1. The number of nitrogens with zero attached hydrogens (tertiary/aromatic N) is 1. The lowest BCUT2D eigenvalue weighted by Crippen LogP contribution is -2.05. The zero-order valence-electron chi connectivity index (χ0n) is 10.9. The fourth-order valence-corrected chi connectivity index (χ4v) is 2.17. The number of aromatic nitrogens is 1. The Morgan fingerprint density at radius 3 is 2.76 bits per heavy atom. The van der Waals surface area contributed by atoms with Crippen molar-refractivity contribution in [1.29, 1.82) is 0 Å². The van der Waals surface area contributed by atoms with Crippen molar-refractivity contribution in [3.05, 3.63) is 64.4 Å². The molecule has 0 unspecified atom stereocenters. The number of hydrogen-bond acceptors (Lipinski definition) is 4. The quantitative estimate of drug-likeness (QED) is 0.797. The summed E-state index contributed by atoms with van der Waals surface area (Å²) in [6.07, 6.45) is 1.40. The monoisotopic (exact) mass is 281 g/mol. The van der Waals surface area contributed by atoms with E-state index in [2.05, 4.69) is 4.98 Å². The van der Waals surface area contributed by atoms with Gasteiger partial charge in [0.1, 0.15) is 11.3 Å². The van der Waals surface area contributed by atoms with Gasteiger partial charge in [0.05, 0.1) is 11.8 Å². The minimum absolute atomic E-state index is 0.202. The minimum Gasteiger partial charge on any atom is -0.481 e. The second kappa shape index (κ2) is 5.20. The Kier molecular flexibility index (Phi) is 3.23. The molecule has 5 heteroatoms. The average molecular weight is 281 g/mol. The second-order valence-corrected chi connectivity index (χ2v) is 4.55. The van der Waals surface area contributed by atoms with Crippen LogP contribution < -0.4 is 5.43 Å². The maximum absolute atomic E-state index is 12.2. The van der Waals surface area contributed by atoms with Crippen molar-refractivity contribution in [3.63, 3.8) is 0 Å². The van der Waals surface area contributed by atoms with Crippen molar-refractivity contribution in [1.82, 2.24) is 4.98 Å².